The lowest BCUT2D eigenvalue weighted by atomic mass is 10.0. The molecule has 0 saturated heterocycles. The van der Waals surface area contributed by atoms with E-state index in [0.29, 0.717) is 22.1 Å². The number of benzene rings is 2. The Bertz CT molecular complexity index is 798. The third kappa shape index (κ3) is 1.96. The van der Waals surface area contributed by atoms with Gasteiger partial charge in [-0.1, -0.05) is 29.8 Å². The number of ether oxygens (including phenoxy) is 2. The normalized spacial score (nSPS) is 17.0. The summed E-state index contributed by atoms with van der Waals surface area (Å²) in [4.78, 5) is 12.2. The maximum Gasteiger partial charge on any atom is 0.256 e. The van der Waals surface area contributed by atoms with Crippen LogP contribution in [0.15, 0.2) is 36.4 Å². The highest BCUT2D eigenvalue weighted by atomic mass is 35.5. The number of fused-ring (bicyclic) bond motifs is 2. The number of anilines is 1. The van der Waals surface area contributed by atoms with Gasteiger partial charge in [-0.2, -0.15) is 0 Å². The molecule has 0 unspecified atom stereocenters. The molecule has 0 saturated carbocycles. The second-order valence-corrected chi connectivity index (χ2v) is 5.22. The number of para-hydroxylation sites is 1. The van der Waals surface area contributed by atoms with Crippen LogP contribution in [-0.2, 0) is 4.79 Å². The number of carbonyl (C=O) groups is 1. The highest BCUT2D eigenvalue weighted by Crippen LogP contribution is 2.40. The van der Waals surface area contributed by atoms with Crippen LogP contribution in [0.4, 0.5) is 5.69 Å². The Morgan fingerprint density at radius 3 is 3.00 bits per heavy atom. The Hall–Kier alpha value is -2.46. The SMILES string of the molecule is O=C1Nc2cc(Cl)ccc2/C1=C/c1cccc2c1OCO2. The third-order valence-corrected chi connectivity index (χ3v) is 3.73. The van der Waals surface area contributed by atoms with E-state index in [2.05, 4.69) is 5.32 Å². The van der Waals surface area contributed by atoms with E-state index in [1.807, 2.05) is 30.3 Å². The van der Waals surface area contributed by atoms with E-state index in [1.54, 1.807) is 12.1 Å². The topological polar surface area (TPSA) is 47.6 Å². The van der Waals surface area contributed by atoms with Crippen LogP contribution in [0.5, 0.6) is 11.5 Å². The minimum Gasteiger partial charge on any atom is -0.454 e. The first-order valence-electron chi connectivity index (χ1n) is 6.44. The Morgan fingerprint density at radius 2 is 2.10 bits per heavy atom. The lowest BCUT2D eigenvalue weighted by Gasteiger charge is -2.02. The van der Waals surface area contributed by atoms with E-state index in [4.69, 9.17) is 21.1 Å². The molecule has 0 radical (unpaired) electrons. The highest BCUT2D eigenvalue weighted by Gasteiger charge is 2.25. The predicted molar refractivity (Wildman–Crippen MR) is 80.5 cm³/mol. The van der Waals surface area contributed by atoms with Crippen LogP contribution in [0.25, 0.3) is 11.6 Å². The second-order valence-electron chi connectivity index (χ2n) is 4.78. The van der Waals surface area contributed by atoms with Crippen molar-refractivity contribution in [3.63, 3.8) is 0 Å². The van der Waals surface area contributed by atoms with Crippen molar-refractivity contribution in [3.8, 4) is 11.5 Å². The summed E-state index contributed by atoms with van der Waals surface area (Å²) in [5.41, 5.74) is 2.97. The molecule has 4 rings (SSSR count). The van der Waals surface area contributed by atoms with Crippen molar-refractivity contribution in [2.45, 2.75) is 0 Å². The number of hydrogen-bond acceptors (Lipinski definition) is 3. The Morgan fingerprint density at radius 1 is 1.19 bits per heavy atom. The fraction of sp³-hybridized carbons (Fsp3) is 0.0625. The third-order valence-electron chi connectivity index (χ3n) is 3.49. The van der Waals surface area contributed by atoms with E-state index >= 15 is 0 Å². The summed E-state index contributed by atoms with van der Waals surface area (Å²) in [5, 5.41) is 3.40. The van der Waals surface area contributed by atoms with Crippen LogP contribution in [0.2, 0.25) is 5.02 Å². The number of halogens is 1. The van der Waals surface area contributed by atoms with Crippen LogP contribution in [-0.4, -0.2) is 12.7 Å². The van der Waals surface area contributed by atoms with Gasteiger partial charge in [0.1, 0.15) is 0 Å². The monoisotopic (exact) mass is 299 g/mol. The average Bonchev–Trinajstić information content (AvgIpc) is 3.04. The molecular weight excluding hydrogens is 290 g/mol. The number of amides is 1. The van der Waals surface area contributed by atoms with Gasteiger partial charge in [-0.3, -0.25) is 4.79 Å². The summed E-state index contributed by atoms with van der Waals surface area (Å²) in [6, 6.07) is 10.9. The molecule has 2 aliphatic heterocycles. The summed E-state index contributed by atoms with van der Waals surface area (Å²) in [6.07, 6.45) is 1.81. The van der Waals surface area contributed by atoms with Crippen LogP contribution in [0.1, 0.15) is 11.1 Å². The molecule has 104 valence electrons. The largest absolute Gasteiger partial charge is 0.454 e. The first kappa shape index (κ1) is 12.3. The van der Waals surface area contributed by atoms with Crippen LogP contribution in [0, 0.1) is 0 Å². The van der Waals surface area contributed by atoms with Crippen molar-refractivity contribution in [1.82, 2.24) is 0 Å². The first-order valence-corrected chi connectivity index (χ1v) is 6.82. The van der Waals surface area contributed by atoms with Gasteiger partial charge in [-0.05, 0) is 24.3 Å². The van der Waals surface area contributed by atoms with Gasteiger partial charge in [0.2, 0.25) is 6.79 Å². The van der Waals surface area contributed by atoms with E-state index in [0.717, 1.165) is 16.8 Å². The number of nitrogens with one attached hydrogen (secondary N) is 1. The fourth-order valence-corrected chi connectivity index (χ4v) is 2.70. The second kappa shape index (κ2) is 4.53. The van der Waals surface area contributed by atoms with Crippen LogP contribution in [0.3, 0.4) is 0 Å². The van der Waals surface area contributed by atoms with Crippen molar-refractivity contribution in [3.05, 3.63) is 52.5 Å². The summed E-state index contributed by atoms with van der Waals surface area (Å²) in [5.74, 6) is 1.21. The van der Waals surface area contributed by atoms with E-state index < -0.39 is 0 Å². The zero-order valence-corrected chi connectivity index (χ0v) is 11.6. The highest BCUT2D eigenvalue weighted by molar-refractivity contribution is 6.36. The van der Waals surface area contributed by atoms with Gasteiger partial charge < -0.3 is 14.8 Å². The molecule has 21 heavy (non-hydrogen) atoms. The van der Waals surface area contributed by atoms with E-state index in [-0.39, 0.29) is 12.7 Å². The molecule has 2 aromatic carbocycles. The molecule has 2 aliphatic rings. The molecule has 0 fully saturated rings. The average molecular weight is 300 g/mol. The standard InChI is InChI=1S/C16H10ClNO3/c17-10-4-5-11-12(16(19)18-13(11)7-10)6-9-2-1-3-14-15(9)21-8-20-14/h1-7H,8H2,(H,18,19)/b12-6-. The van der Waals surface area contributed by atoms with Crippen molar-refractivity contribution < 1.29 is 14.3 Å². The van der Waals surface area contributed by atoms with E-state index in [9.17, 15) is 4.79 Å². The molecule has 2 heterocycles. The molecule has 2 aromatic rings. The summed E-state index contributed by atoms with van der Waals surface area (Å²) >= 11 is 5.95. The molecule has 1 N–H and O–H groups in total. The smallest absolute Gasteiger partial charge is 0.256 e. The molecule has 0 aliphatic carbocycles. The van der Waals surface area contributed by atoms with E-state index in [1.165, 1.54) is 0 Å². The van der Waals surface area contributed by atoms with Gasteiger partial charge in [-0.15, -0.1) is 0 Å². The zero-order valence-electron chi connectivity index (χ0n) is 10.9. The Kier molecular flexibility index (Phi) is 2.65. The Balaban J connectivity index is 1.85. The van der Waals surface area contributed by atoms with Crippen molar-refractivity contribution in [1.29, 1.82) is 0 Å². The van der Waals surface area contributed by atoms with Gasteiger partial charge in [0.15, 0.2) is 11.5 Å². The van der Waals surface area contributed by atoms with Crippen LogP contribution < -0.4 is 14.8 Å². The maximum atomic E-state index is 12.2. The molecule has 4 nitrogen and oxygen atoms in total. The predicted octanol–water partition coefficient (Wildman–Crippen LogP) is 3.56. The van der Waals surface area contributed by atoms with Crippen LogP contribution >= 0.6 is 11.6 Å². The molecule has 1 amide bonds. The van der Waals surface area contributed by atoms with Gasteiger partial charge in [0, 0.05) is 21.7 Å². The van der Waals surface area contributed by atoms with Gasteiger partial charge in [0.05, 0.1) is 5.69 Å². The lowest BCUT2D eigenvalue weighted by Crippen LogP contribution is -2.03. The van der Waals surface area contributed by atoms with Crippen molar-refractivity contribution >= 4 is 34.8 Å². The van der Waals surface area contributed by atoms with Crippen molar-refractivity contribution in [2.75, 3.05) is 12.1 Å². The minimum atomic E-state index is -0.149. The molecule has 0 bridgehead atoms. The number of hydrogen-bond donors (Lipinski definition) is 1. The summed E-state index contributed by atoms with van der Waals surface area (Å²) < 4.78 is 10.8. The van der Waals surface area contributed by atoms with Gasteiger partial charge >= 0.3 is 0 Å². The quantitative estimate of drug-likeness (QED) is 0.819. The lowest BCUT2D eigenvalue weighted by molar-refractivity contribution is -0.110. The zero-order chi connectivity index (χ0) is 14.4. The van der Waals surface area contributed by atoms with Crippen molar-refractivity contribution in [2.24, 2.45) is 0 Å². The molecule has 0 atom stereocenters. The van der Waals surface area contributed by atoms with Gasteiger partial charge in [-0.25, -0.2) is 0 Å². The number of carbonyl (C=O) groups excluding carboxylic acids is 1. The van der Waals surface area contributed by atoms with Gasteiger partial charge in [0.25, 0.3) is 5.91 Å². The maximum absolute atomic E-state index is 12.2. The fourth-order valence-electron chi connectivity index (χ4n) is 2.53. The summed E-state index contributed by atoms with van der Waals surface area (Å²) in [7, 11) is 0. The molecule has 5 heteroatoms. The molecule has 0 aromatic heterocycles. The summed E-state index contributed by atoms with van der Waals surface area (Å²) in [6.45, 7) is 0.202. The minimum absolute atomic E-state index is 0.149. The Labute approximate surface area is 125 Å². The number of rotatable bonds is 1. The molecule has 0 spiro atoms. The first-order chi connectivity index (χ1) is 10.2. The molecular formula is C16H10ClNO3.